The second-order valence-corrected chi connectivity index (χ2v) is 4.43. The van der Waals surface area contributed by atoms with E-state index in [2.05, 4.69) is 20.4 Å². The number of rotatable bonds is 3. The van der Waals surface area contributed by atoms with Gasteiger partial charge in [-0.1, -0.05) is 0 Å². The lowest BCUT2D eigenvalue weighted by molar-refractivity contribution is 0.672. The van der Waals surface area contributed by atoms with E-state index in [9.17, 15) is 0 Å². The highest BCUT2D eigenvalue weighted by molar-refractivity contribution is 7.09. The second kappa shape index (κ2) is 3.16. The fourth-order valence-electron chi connectivity index (χ4n) is 1.39. The lowest BCUT2D eigenvalue weighted by Crippen LogP contribution is -2.00. The van der Waals surface area contributed by atoms with E-state index in [1.807, 2.05) is 0 Å². The number of aromatic nitrogens is 4. The molecule has 4 nitrogen and oxygen atoms in total. The van der Waals surface area contributed by atoms with Crippen LogP contribution in [0.25, 0.3) is 0 Å². The molecule has 0 spiro atoms. The maximum atomic E-state index is 4.58. The number of nitrogens with zero attached hydrogens (tertiary/aromatic N) is 4. The van der Waals surface area contributed by atoms with Crippen LogP contribution in [0.2, 0.25) is 0 Å². The summed E-state index contributed by atoms with van der Waals surface area (Å²) in [6.07, 6.45) is 5.90. The van der Waals surface area contributed by atoms with Crippen LogP contribution in [-0.4, -0.2) is 19.7 Å². The zero-order chi connectivity index (χ0) is 9.38. The van der Waals surface area contributed by atoms with Crippen LogP contribution in [0.15, 0.2) is 18.0 Å². The van der Waals surface area contributed by atoms with E-state index in [0.29, 0.717) is 0 Å². The predicted molar refractivity (Wildman–Crippen MR) is 53.2 cm³/mol. The molecule has 1 aliphatic carbocycles. The molecule has 0 atom stereocenters. The van der Waals surface area contributed by atoms with Crippen molar-refractivity contribution in [3.05, 3.63) is 28.7 Å². The third kappa shape index (κ3) is 1.55. The van der Waals surface area contributed by atoms with Gasteiger partial charge in [0.15, 0.2) is 0 Å². The normalized spacial score (nSPS) is 16.0. The molecule has 0 unspecified atom stereocenters. The largest absolute Gasteiger partial charge is 0.247 e. The zero-order valence-electron chi connectivity index (χ0n) is 7.63. The molecule has 1 fully saturated rings. The minimum absolute atomic E-state index is 0.739. The molecular weight excluding hydrogens is 196 g/mol. The van der Waals surface area contributed by atoms with Crippen molar-refractivity contribution in [2.75, 3.05) is 0 Å². The maximum Gasteiger partial charge on any atom is 0.137 e. The molecular formula is C9H10N4S. The second-order valence-electron chi connectivity index (χ2n) is 3.54. The van der Waals surface area contributed by atoms with E-state index < -0.39 is 0 Å². The molecule has 5 heteroatoms. The Morgan fingerprint density at radius 3 is 3.14 bits per heavy atom. The Morgan fingerprint density at radius 1 is 1.50 bits per heavy atom. The van der Waals surface area contributed by atoms with Crippen molar-refractivity contribution in [2.45, 2.75) is 25.3 Å². The molecule has 14 heavy (non-hydrogen) atoms. The summed E-state index contributed by atoms with van der Waals surface area (Å²) in [6.45, 7) is 0.739. The first-order chi connectivity index (χ1) is 6.92. The number of hydrogen-bond donors (Lipinski definition) is 0. The summed E-state index contributed by atoms with van der Waals surface area (Å²) in [7, 11) is 0. The number of thiazole rings is 1. The molecule has 2 heterocycles. The Labute approximate surface area is 85.6 Å². The van der Waals surface area contributed by atoms with Crippen LogP contribution in [-0.2, 0) is 6.54 Å². The molecule has 2 aromatic rings. The lowest BCUT2D eigenvalue weighted by atomic mass is 10.4. The Balaban J connectivity index is 1.76. The molecule has 0 radical (unpaired) electrons. The van der Waals surface area contributed by atoms with E-state index in [4.69, 9.17) is 0 Å². The summed E-state index contributed by atoms with van der Waals surface area (Å²) < 4.78 is 1.80. The fraction of sp³-hybridized carbons (Fsp3) is 0.444. The Bertz CT molecular complexity index is 416. The molecule has 0 saturated heterocycles. The summed E-state index contributed by atoms with van der Waals surface area (Å²) >= 11 is 1.77. The van der Waals surface area contributed by atoms with Gasteiger partial charge in [-0.2, -0.15) is 5.10 Å². The summed E-state index contributed by atoms with van der Waals surface area (Å²) in [5, 5.41) is 7.46. The van der Waals surface area contributed by atoms with Gasteiger partial charge in [-0.25, -0.2) is 14.6 Å². The van der Waals surface area contributed by atoms with Crippen molar-refractivity contribution in [2.24, 2.45) is 0 Å². The standard InChI is InChI=1S/C9H10N4S/c1-2-7(1)9-12-8(4-14-9)3-13-6-10-5-11-13/h4-7H,1-3H2. The third-order valence-electron chi connectivity index (χ3n) is 2.29. The van der Waals surface area contributed by atoms with E-state index in [1.54, 1.807) is 28.7 Å². The van der Waals surface area contributed by atoms with Gasteiger partial charge in [0.25, 0.3) is 0 Å². The van der Waals surface area contributed by atoms with Crippen molar-refractivity contribution in [3.63, 3.8) is 0 Å². The van der Waals surface area contributed by atoms with Gasteiger partial charge in [0.2, 0.25) is 0 Å². The predicted octanol–water partition coefficient (Wildman–Crippen LogP) is 1.66. The highest BCUT2D eigenvalue weighted by Gasteiger charge is 2.26. The molecule has 0 N–H and O–H groups in total. The topological polar surface area (TPSA) is 43.6 Å². The maximum absolute atomic E-state index is 4.58. The average Bonchev–Trinajstić information content (AvgIpc) is 2.75. The monoisotopic (exact) mass is 206 g/mol. The molecule has 0 aromatic carbocycles. The SMILES string of the molecule is c1ncn(Cc2csc(C3CC3)n2)n1. The van der Waals surface area contributed by atoms with Crippen molar-refractivity contribution in [1.82, 2.24) is 19.7 Å². The first-order valence-electron chi connectivity index (χ1n) is 4.68. The molecule has 72 valence electrons. The summed E-state index contributed by atoms with van der Waals surface area (Å²) in [4.78, 5) is 8.48. The van der Waals surface area contributed by atoms with Crippen LogP contribution >= 0.6 is 11.3 Å². The molecule has 1 saturated carbocycles. The minimum Gasteiger partial charge on any atom is -0.247 e. The van der Waals surface area contributed by atoms with E-state index in [1.165, 1.54) is 17.8 Å². The van der Waals surface area contributed by atoms with Crippen LogP contribution in [0.5, 0.6) is 0 Å². The summed E-state index contributed by atoms with van der Waals surface area (Å²) in [5.74, 6) is 0.754. The molecule has 3 rings (SSSR count). The van der Waals surface area contributed by atoms with E-state index in [0.717, 1.165) is 18.2 Å². The summed E-state index contributed by atoms with van der Waals surface area (Å²) in [5.41, 5.74) is 1.10. The van der Waals surface area contributed by atoms with Crippen molar-refractivity contribution < 1.29 is 0 Å². The highest BCUT2D eigenvalue weighted by Crippen LogP contribution is 2.41. The zero-order valence-corrected chi connectivity index (χ0v) is 8.44. The van der Waals surface area contributed by atoms with Crippen molar-refractivity contribution >= 4 is 11.3 Å². The molecule has 0 aliphatic heterocycles. The first-order valence-corrected chi connectivity index (χ1v) is 5.56. The van der Waals surface area contributed by atoms with Gasteiger partial charge >= 0.3 is 0 Å². The van der Waals surface area contributed by atoms with Crippen LogP contribution in [0.3, 0.4) is 0 Å². The fourth-order valence-corrected chi connectivity index (χ4v) is 2.38. The molecule has 0 amide bonds. The Hall–Kier alpha value is -1.23. The van der Waals surface area contributed by atoms with Gasteiger partial charge in [0, 0.05) is 11.3 Å². The number of hydrogen-bond acceptors (Lipinski definition) is 4. The van der Waals surface area contributed by atoms with Crippen LogP contribution in [0.4, 0.5) is 0 Å². The van der Waals surface area contributed by atoms with Gasteiger partial charge in [0.1, 0.15) is 12.7 Å². The van der Waals surface area contributed by atoms with Gasteiger partial charge in [-0.05, 0) is 12.8 Å². The Morgan fingerprint density at radius 2 is 2.43 bits per heavy atom. The molecule has 2 aromatic heterocycles. The van der Waals surface area contributed by atoms with Crippen molar-refractivity contribution in [3.8, 4) is 0 Å². The Kier molecular flexibility index (Phi) is 1.83. The van der Waals surface area contributed by atoms with Gasteiger partial charge in [-0.3, -0.25) is 0 Å². The molecule has 0 bridgehead atoms. The highest BCUT2D eigenvalue weighted by atomic mass is 32.1. The molecule has 1 aliphatic rings. The first kappa shape index (κ1) is 8.11. The van der Waals surface area contributed by atoms with Crippen LogP contribution < -0.4 is 0 Å². The summed E-state index contributed by atoms with van der Waals surface area (Å²) in [6, 6.07) is 0. The van der Waals surface area contributed by atoms with Crippen molar-refractivity contribution in [1.29, 1.82) is 0 Å². The van der Waals surface area contributed by atoms with Gasteiger partial charge in [0.05, 0.1) is 17.2 Å². The quantitative estimate of drug-likeness (QED) is 0.767. The lowest BCUT2D eigenvalue weighted by Gasteiger charge is -1.94. The van der Waals surface area contributed by atoms with E-state index in [-0.39, 0.29) is 0 Å². The smallest absolute Gasteiger partial charge is 0.137 e. The van der Waals surface area contributed by atoms with Gasteiger partial charge < -0.3 is 0 Å². The average molecular weight is 206 g/mol. The van der Waals surface area contributed by atoms with Gasteiger partial charge in [-0.15, -0.1) is 11.3 Å². The van der Waals surface area contributed by atoms with Crippen LogP contribution in [0, 0.1) is 0 Å². The third-order valence-corrected chi connectivity index (χ3v) is 3.34. The van der Waals surface area contributed by atoms with Crippen LogP contribution in [0.1, 0.15) is 29.5 Å². The van der Waals surface area contributed by atoms with E-state index >= 15 is 0 Å². The minimum atomic E-state index is 0.739.